The van der Waals surface area contributed by atoms with Gasteiger partial charge in [-0.15, -0.1) is 0 Å². The van der Waals surface area contributed by atoms with Crippen molar-refractivity contribution < 1.29 is 14.6 Å². The Morgan fingerprint density at radius 2 is 1.83 bits per heavy atom. The van der Waals surface area contributed by atoms with Crippen molar-refractivity contribution in [2.45, 2.75) is 31.8 Å². The molecule has 2 atom stereocenters. The van der Waals surface area contributed by atoms with Gasteiger partial charge in [0, 0.05) is 38.6 Å². The molecule has 132 valence electrons. The van der Waals surface area contributed by atoms with Gasteiger partial charge in [-0.25, -0.2) is 0 Å². The van der Waals surface area contributed by atoms with E-state index in [0.717, 1.165) is 38.3 Å². The fourth-order valence-corrected chi connectivity index (χ4v) is 3.60. The average Bonchev–Trinajstić information content (AvgIpc) is 3.34. The average molecular weight is 332 g/mol. The monoisotopic (exact) mass is 332 g/mol. The predicted octanol–water partition coefficient (Wildman–Crippen LogP) is 1.71. The Labute approximate surface area is 144 Å². The van der Waals surface area contributed by atoms with Gasteiger partial charge in [0.1, 0.15) is 5.75 Å². The molecule has 1 heterocycles. The van der Waals surface area contributed by atoms with Gasteiger partial charge < -0.3 is 14.7 Å². The number of amides is 1. The third-order valence-corrected chi connectivity index (χ3v) is 4.95. The van der Waals surface area contributed by atoms with Gasteiger partial charge in [0.15, 0.2) is 0 Å². The maximum Gasteiger partial charge on any atom is 0.226 e. The zero-order valence-corrected chi connectivity index (χ0v) is 14.9. The summed E-state index contributed by atoms with van der Waals surface area (Å²) in [4.78, 5) is 16.9. The summed E-state index contributed by atoms with van der Waals surface area (Å²) in [5, 5.41) is 9.91. The lowest BCUT2D eigenvalue weighted by atomic mass is 10.1. The van der Waals surface area contributed by atoms with Gasteiger partial charge in [-0.3, -0.25) is 9.69 Å². The number of β-amino-alcohol motifs (C(OH)–C–C–N with tert-alkyl or cyclic N) is 1. The number of rotatable bonds is 5. The van der Waals surface area contributed by atoms with Crippen molar-refractivity contribution in [1.82, 2.24) is 9.80 Å². The van der Waals surface area contributed by atoms with E-state index < -0.39 is 5.60 Å². The lowest BCUT2D eigenvalue weighted by molar-refractivity contribution is -0.134. The summed E-state index contributed by atoms with van der Waals surface area (Å²) in [6.45, 7) is 7.53. The Morgan fingerprint density at radius 3 is 2.38 bits per heavy atom. The molecule has 3 rings (SSSR count). The minimum atomic E-state index is -0.678. The fourth-order valence-electron chi connectivity index (χ4n) is 3.60. The molecule has 5 heteroatoms. The molecule has 0 bridgehead atoms. The lowest BCUT2D eigenvalue weighted by Crippen LogP contribution is -2.52. The molecular formula is C19H28N2O3. The van der Waals surface area contributed by atoms with Crippen LogP contribution in [0.25, 0.3) is 0 Å². The van der Waals surface area contributed by atoms with Crippen molar-refractivity contribution in [2.75, 3.05) is 39.8 Å². The highest BCUT2D eigenvalue weighted by atomic mass is 16.5. The van der Waals surface area contributed by atoms with Crippen LogP contribution in [0.1, 0.15) is 31.7 Å². The van der Waals surface area contributed by atoms with Crippen molar-refractivity contribution in [3.63, 3.8) is 0 Å². The summed E-state index contributed by atoms with van der Waals surface area (Å²) in [6.07, 6.45) is 0.953. The molecule has 2 fully saturated rings. The van der Waals surface area contributed by atoms with E-state index in [1.165, 1.54) is 5.56 Å². The van der Waals surface area contributed by atoms with Crippen LogP contribution in [0.15, 0.2) is 24.3 Å². The highest BCUT2D eigenvalue weighted by Gasteiger charge is 2.46. The topological polar surface area (TPSA) is 53.0 Å². The highest BCUT2D eigenvalue weighted by molar-refractivity contribution is 5.83. The van der Waals surface area contributed by atoms with Crippen LogP contribution in [-0.2, 0) is 4.79 Å². The minimum Gasteiger partial charge on any atom is -0.497 e. The van der Waals surface area contributed by atoms with E-state index in [9.17, 15) is 9.90 Å². The highest BCUT2D eigenvalue weighted by Crippen LogP contribution is 2.48. The van der Waals surface area contributed by atoms with Gasteiger partial charge >= 0.3 is 0 Å². The van der Waals surface area contributed by atoms with Crippen LogP contribution in [0.5, 0.6) is 5.75 Å². The number of carbonyl (C=O) groups excluding carboxylic acids is 1. The minimum absolute atomic E-state index is 0.138. The van der Waals surface area contributed by atoms with Gasteiger partial charge in [0.05, 0.1) is 12.7 Å². The summed E-state index contributed by atoms with van der Waals surface area (Å²) in [6, 6.07) is 8.06. The van der Waals surface area contributed by atoms with Gasteiger partial charge in [-0.2, -0.15) is 0 Å². The van der Waals surface area contributed by atoms with Crippen molar-refractivity contribution in [2.24, 2.45) is 5.92 Å². The van der Waals surface area contributed by atoms with Crippen molar-refractivity contribution in [1.29, 1.82) is 0 Å². The molecule has 1 N–H and O–H groups in total. The molecule has 1 aromatic rings. The molecule has 0 aromatic heterocycles. The summed E-state index contributed by atoms with van der Waals surface area (Å²) < 4.78 is 5.19. The molecule has 1 aliphatic carbocycles. The standard InChI is InChI=1S/C19H28N2O3/c1-19(2,23)13-20-8-10-21(11-9-20)18(22)17-12-16(17)14-4-6-15(24-3)7-5-14/h4-7,16-17,23H,8-13H2,1-3H3. The molecule has 1 aromatic carbocycles. The first kappa shape index (κ1) is 17.2. The van der Waals surface area contributed by atoms with E-state index >= 15 is 0 Å². The molecule has 0 spiro atoms. The molecule has 1 aliphatic heterocycles. The van der Waals surface area contributed by atoms with Crippen molar-refractivity contribution in [3.05, 3.63) is 29.8 Å². The van der Waals surface area contributed by atoms with E-state index in [-0.39, 0.29) is 5.92 Å². The number of carbonyl (C=O) groups is 1. The molecule has 0 radical (unpaired) electrons. The first-order chi connectivity index (χ1) is 11.4. The third-order valence-electron chi connectivity index (χ3n) is 4.95. The van der Waals surface area contributed by atoms with Gasteiger partial charge in [0.25, 0.3) is 0 Å². The van der Waals surface area contributed by atoms with Crippen LogP contribution in [0, 0.1) is 5.92 Å². The lowest BCUT2D eigenvalue weighted by Gasteiger charge is -2.37. The van der Waals surface area contributed by atoms with E-state index in [0.29, 0.717) is 18.4 Å². The zero-order chi connectivity index (χ0) is 17.3. The Morgan fingerprint density at radius 1 is 1.21 bits per heavy atom. The second-order valence-electron chi connectivity index (χ2n) is 7.64. The second kappa shape index (κ2) is 6.73. The van der Waals surface area contributed by atoms with Crippen LogP contribution in [0.4, 0.5) is 0 Å². The number of benzene rings is 1. The van der Waals surface area contributed by atoms with Crippen LogP contribution in [0.2, 0.25) is 0 Å². The van der Waals surface area contributed by atoms with Gasteiger partial charge in [-0.05, 0) is 43.9 Å². The molecule has 5 nitrogen and oxygen atoms in total. The molecule has 24 heavy (non-hydrogen) atoms. The van der Waals surface area contributed by atoms with Gasteiger partial charge in [0.2, 0.25) is 5.91 Å². The molecular weight excluding hydrogens is 304 g/mol. The predicted molar refractivity (Wildman–Crippen MR) is 93.2 cm³/mol. The van der Waals surface area contributed by atoms with Crippen LogP contribution in [0.3, 0.4) is 0 Å². The first-order valence-corrected chi connectivity index (χ1v) is 8.75. The van der Waals surface area contributed by atoms with Crippen molar-refractivity contribution >= 4 is 5.91 Å². The summed E-state index contributed by atoms with van der Waals surface area (Å²) >= 11 is 0. The van der Waals surface area contributed by atoms with E-state index in [4.69, 9.17) is 4.74 Å². The molecule has 1 saturated heterocycles. The number of hydrogen-bond acceptors (Lipinski definition) is 4. The van der Waals surface area contributed by atoms with Crippen LogP contribution >= 0.6 is 0 Å². The van der Waals surface area contributed by atoms with Crippen LogP contribution < -0.4 is 4.74 Å². The SMILES string of the molecule is COc1ccc(C2CC2C(=O)N2CCN(CC(C)(C)O)CC2)cc1. The number of nitrogens with zero attached hydrogens (tertiary/aromatic N) is 2. The number of aliphatic hydroxyl groups is 1. The quantitative estimate of drug-likeness (QED) is 0.892. The zero-order valence-electron chi connectivity index (χ0n) is 14.9. The molecule has 1 amide bonds. The normalized spacial score (nSPS) is 24.8. The summed E-state index contributed by atoms with van der Waals surface area (Å²) in [5.74, 6) is 1.64. The smallest absolute Gasteiger partial charge is 0.226 e. The third kappa shape index (κ3) is 4.08. The number of ether oxygens (including phenoxy) is 1. The Kier molecular flexibility index (Phi) is 4.83. The van der Waals surface area contributed by atoms with E-state index in [2.05, 4.69) is 17.0 Å². The van der Waals surface area contributed by atoms with E-state index in [1.807, 2.05) is 30.9 Å². The van der Waals surface area contributed by atoms with Crippen LogP contribution in [-0.4, -0.2) is 66.2 Å². The number of methoxy groups -OCH3 is 1. The largest absolute Gasteiger partial charge is 0.497 e. The molecule has 2 aliphatic rings. The maximum atomic E-state index is 12.7. The molecule has 2 unspecified atom stereocenters. The summed E-state index contributed by atoms with van der Waals surface area (Å²) in [5.41, 5.74) is 0.553. The van der Waals surface area contributed by atoms with E-state index in [1.54, 1.807) is 7.11 Å². The second-order valence-corrected chi connectivity index (χ2v) is 7.64. The number of piperazine rings is 1. The maximum absolute atomic E-state index is 12.7. The first-order valence-electron chi connectivity index (χ1n) is 8.75. The molecule has 1 saturated carbocycles. The summed E-state index contributed by atoms with van der Waals surface area (Å²) in [7, 11) is 1.66. The fraction of sp³-hybridized carbons (Fsp3) is 0.632. The van der Waals surface area contributed by atoms with Crippen molar-refractivity contribution in [3.8, 4) is 5.75 Å². The Balaban J connectivity index is 1.50. The van der Waals surface area contributed by atoms with Gasteiger partial charge in [-0.1, -0.05) is 12.1 Å². The Hall–Kier alpha value is -1.59. The Bertz CT molecular complexity index is 571. The number of hydrogen-bond donors (Lipinski definition) is 1.